The third kappa shape index (κ3) is 4.26. The van der Waals surface area contributed by atoms with E-state index in [4.69, 9.17) is 4.98 Å². The fraction of sp³-hybridized carbons (Fsp3) is 0.125. The van der Waals surface area contributed by atoms with Crippen LogP contribution in [0.2, 0.25) is 0 Å². The lowest BCUT2D eigenvalue weighted by Gasteiger charge is -2.22. The Balaban J connectivity index is 0.00000102. The van der Waals surface area contributed by atoms with E-state index >= 15 is 0 Å². The maximum absolute atomic E-state index is 4.98. The van der Waals surface area contributed by atoms with Crippen LogP contribution >= 0.6 is 11.3 Å². The topological polar surface area (TPSA) is 16.1 Å². The molecular weight excluding hydrogens is 348 g/mol. The maximum Gasteiger partial charge on any atom is 0.195 e. The Morgan fingerprint density at radius 2 is 1.11 bits per heavy atom. The summed E-state index contributed by atoms with van der Waals surface area (Å²) in [4.78, 5) is 8.41. The monoisotopic (exact) mass is 372 g/mol. The summed E-state index contributed by atoms with van der Waals surface area (Å²) >= 11 is 1.72. The lowest BCUT2D eigenvalue weighted by Crippen LogP contribution is -2.09. The molecule has 0 radical (unpaired) electrons. The average Bonchev–Trinajstić information content (AvgIpc) is 3.13. The van der Waals surface area contributed by atoms with E-state index in [9.17, 15) is 0 Å². The molecule has 0 aliphatic rings. The minimum absolute atomic E-state index is 0.980. The second-order valence-corrected chi connectivity index (χ2v) is 6.96. The molecular formula is C24H24N2S. The van der Waals surface area contributed by atoms with E-state index in [-0.39, 0.29) is 0 Å². The molecule has 0 saturated heterocycles. The van der Waals surface area contributed by atoms with E-state index in [0.717, 1.165) is 27.8 Å². The number of hydrogen-bond donors (Lipinski definition) is 0. The number of hydrogen-bond acceptors (Lipinski definition) is 3. The van der Waals surface area contributed by atoms with Crippen LogP contribution in [-0.4, -0.2) is 4.98 Å². The second-order valence-electron chi connectivity index (χ2n) is 5.77. The van der Waals surface area contributed by atoms with Crippen molar-refractivity contribution in [2.75, 3.05) is 4.90 Å². The SMILES string of the molecule is CC.Cc1sc(N(c2ccccc2)c2ccccc2)nc1-c1ccccc1. The van der Waals surface area contributed by atoms with E-state index in [2.05, 4.69) is 84.6 Å². The summed E-state index contributed by atoms with van der Waals surface area (Å²) in [5, 5.41) is 0.980. The minimum atomic E-state index is 0.980. The molecule has 0 bridgehead atoms. The molecule has 0 N–H and O–H groups in total. The largest absolute Gasteiger partial charge is 0.286 e. The quantitative estimate of drug-likeness (QED) is 0.366. The van der Waals surface area contributed by atoms with Gasteiger partial charge in [-0.05, 0) is 31.2 Å². The molecule has 1 aromatic heterocycles. The molecule has 1 heterocycles. The van der Waals surface area contributed by atoms with Crippen LogP contribution in [0.15, 0.2) is 91.0 Å². The van der Waals surface area contributed by atoms with Crippen molar-refractivity contribution in [2.45, 2.75) is 20.8 Å². The van der Waals surface area contributed by atoms with Gasteiger partial charge in [-0.15, -0.1) is 11.3 Å². The van der Waals surface area contributed by atoms with E-state index < -0.39 is 0 Å². The van der Waals surface area contributed by atoms with Gasteiger partial charge in [-0.3, -0.25) is 4.90 Å². The number of benzene rings is 3. The van der Waals surface area contributed by atoms with Gasteiger partial charge in [0.15, 0.2) is 5.13 Å². The number of nitrogens with zero attached hydrogens (tertiary/aromatic N) is 2. The third-order valence-corrected chi connectivity index (χ3v) is 5.01. The van der Waals surface area contributed by atoms with Crippen LogP contribution in [0.5, 0.6) is 0 Å². The molecule has 0 fully saturated rings. The number of aryl methyl sites for hydroxylation is 1. The molecule has 4 rings (SSSR count). The zero-order chi connectivity index (χ0) is 19.1. The van der Waals surface area contributed by atoms with Crippen LogP contribution in [0.25, 0.3) is 11.3 Å². The number of rotatable bonds is 4. The van der Waals surface area contributed by atoms with Crippen molar-refractivity contribution in [2.24, 2.45) is 0 Å². The van der Waals surface area contributed by atoms with Crippen molar-refractivity contribution in [1.29, 1.82) is 0 Å². The Hall–Kier alpha value is -2.91. The van der Waals surface area contributed by atoms with Crippen LogP contribution in [0, 0.1) is 6.92 Å². The van der Waals surface area contributed by atoms with Crippen LogP contribution in [0.4, 0.5) is 16.5 Å². The highest BCUT2D eigenvalue weighted by Gasteiger charge is 2.18. The summed E-state index contributed by atoms with van der Waals surface area (Å²) in [6.45, 7) is 6.14. The van der Waals surface area contributed by atoms with Crippen LogP contribution in [-0.2, 0) is 0 Å². The zero-order valence-electron chi connectivity index (χ0n) is 16.0. The molecule has 3 heteroatoms. The summed E-state index contributed by atoms with van der Waals surface area (Å²) in [5.41, 5.74) is 4.44. The van der Waals surface area contributed by atoms with Crippen molar-refractivity contribution >= 4 is 27.8 Å². The van der Waals surface area contributed by atoms with Crippen molar-refractivity contribution in [3.05, 3.63) is 95.9 Å². The number of anilines is 3. The first-order valence-corrected chi connectivity index (χ1v) is 10.1. The predicted molar refractivity (Wildman–Crippen MR) is 118 cm³/mol. The second kappa shape index (κ2) is 9.15. The summed E-state index contributed by atoms with van der Waals surface area (Å²) in [6.07, 6.45) is 0. The standard InChI is InChI=1S/C22H18N2S.C2H6/c1-17-21(18-11-5-2-6-12-18)23-22(25-17)24(19-13-7-3-8-14-19)20-15-9-4-10-16-20;1-2/h2-16H,1H3;1-2H3. The number of para-hydroxylation sites is 2. The highest BCUT2D eigenvalue weighted by atomic mass is 32.1. The summed E-state index contributed by atoms with van der Waals surface area (Å²) < 4.78 is 0. The molecule has 0 spiro atoms. The molecule has 2 nitrogen and oxygen atoms in total. The molecule has 136 valence electrons. The summed E-state index contributed by atoms with van der Waals surface area (Å²) in [6, 6.07) is 31.1. The van der Waals surface area contributed by atoms with E-state index in [1.165, 1.54) is 4.88 Å². The predicted octanol–water partition coefficient (Wildman–Crippen LogP) is 7.61. The van der Waals surface area contributed by atoms with Gasteiger partial charge in [0.2, 0.25) is 0 Å². The third-order valence-electron chi connectivity index (χ3n) is 4.05. The van der Waals surface area contributed by atoms with Crippen LogP contribution in [0.1, 0.15) is 18.7 Å². The molecule has 27 heavy (non-hydrogen) atoms. The lowest BCUT2D eigenvalue weighted by molar-refractivity contribution is 1.23. The molecule has 0 aliphatic heterocycles. The molecule has 4 aromatic rings. The van der Waals surface area contributed by atoms with Gasteiger partial charge in [0.05, 0.1) is 5.69 Å². The smallest absolute Gasteiger partial charge is 0.195 e. The minimum Gasteiger partial charge on any atom is -0.286 e. The molecule has 0 aliphatic carbocycles. The summed E-state index contributed by atoms with van der Waals surface area (Å²) in [7, 11) is 0. The van der Waals surface area contributed by atoms with Gasteiger partial charge in [-0.25, -0.2) is 4.98 Å². The van der Waals surface area contributed by atoms with Gasteiger partial charge in [0, 0.05) is 21.8 Å². The number of aromatic nitrogens is 1. The van der Waals surface area contributed by atoms with Crippen molar-refractivity contribution in [1.82, 2.24) is 4.98 Å². The van der Waals surface area contributed by atoms with Crippen LogP contribution < -0.4 is 4.90 Å². The van der Waals surface area contributed by atoms with Crippen molar-refractivity contribution in [3.8, 4) is 11.3 Å². The molecule has 0 unspecified atom stereocenters. The fourth-order valence-electron chi connectivity index (χ4n) is 2.87. The Morgan fingerprint density at radius 3 is 1.59 bits per heavy atom. The lowest BCUT2D eigenvalue weighted by atomic mass is 10.1. The van der Waals surface area contributed by atoms with Gasteiger partial charge in [0.25, 0.3) is 0 Å². The maximum atomic E-state index is 4.98. The van der Waals surface area contributed by atoms with E-state index in [1.807, 2.05) is 32.0 Å². The molecule has 0 atom stereocenters. The first kappa shape index (κ1) is 18.9. The Kier molecular flexibility index (Phi) is 6.39. The molecule has 0 saturated carbocycles. The van der Waals surface area contributed by atoms with Crippen molar-refractivity contribution in [3.63, 3.8) is 0 Å². The van der Waals surface area contributed by atoms with E-state index in [0.29, 0.717) is 0 Å². The first-order valence-electron chi connectivity index (χ1n) is 9.26. The highest BCUT2D eigenvalue weighted by Crippen LogP contribution is 2.40. The Labute approximate surface area is 165 Å². The normalized spacial score (nSPS) is 10.0. The first-order chi connectivity index (χ1) is 13.3. The highest BCUT2D eigenvalue weighted by molar-refractivity contribution is 7.16. The zero-order valence-corrected chi connectivity index (χ0v) is 16.8. The van der Waals surface area contributed by atoms with Gasteiger partial charge in [-0.1, -0.05) is 80.6 Å². The van der Waals surface area contributed by atoms with Gasteiger partial charge < -0.3 is 0 Å². The average molecular weight is 373 g/mol. The number of thiazole rings is 1. The summed E-state index contributed by atoms with van der Waals surface area (Å²) in [5.74, 6) is 0. The Morgan fingerprint density at radius 1 is 0.667 bits per heavy atom. The molecule has 0 amide bonds. The van der Waals surface area contributed by atoms with Crippen molar-refractivity contribution < 1.29 is 0 Å². The van der Waals surface area contributed by atoms with E-state index in [1.54, 1.807) is 11.3 Å². The van der Waals surface area contributed by atoms with Gasteiger partial charge in [0.1, 0.15) is 0 Å². The van der Waals surface area contributed by atoms with Gasteiger partial charge >= 0.3 is 0 Å². The fourth-order valence-corrected chi connectivity index (χ4v) is 3.84. The van der Waals surface area contributed by atoms with Gasteiger partial charge in [-0.2, -0.15) is 0 Å². The Bertz CT molecular complexity index is 908. The van der Waals surface area contributed by atoms with Crippen LogP contribution in [0.3, 0.4) is 0 Å². The molecule has 3 aromatic carbocycles.